The van der Waals surface area contributed by atoms with Crippen molar-refractivity contribution in [2.45, 2.75) is 13.0 Å². The monoisotopic (exact) mass is 387 g/mol. The second-order valence-electron chi connectivity index (χ2n) is 6.67. The van der Waals surface area contributed by atoms with Crippen LogP contribution in [0, 0.1) is 11.3 Å². The number of carbonyl (C=O) groups excluding carboxylic acids is 2. The number of rotatable bonds is 6. The number of likely N-dealkylation sites (N-methyl/N-ethyl adjacent to an activating group) is 1. The highest BCUT2D eigenvalue weighted by atomic mass is 16.5. The lowest BCUT2D eigenvalue weighted by molar-refractivity contribution is -0.139. The van der Waals surface area contributed by atoms with Gasteiger partial charge in [0.1, 0.15) is 5.75 Å². The van der Waals surface area contributed by atoms with Gasteiger partial charge in [-0.1, -0.05) is 36.4 Å². The van der Waals surface area contributed by atoms with Crippen LogP contribution in [0.5, 0.6) is 5.75 Å². The molecule has 0 radical (unpaired) electrons. The maximum absolute atomic E-state index is 12.5. The number of hydrogen-bond acceptors (Lipinski definition) is 4. The van der Waals surface area contributed by atoms with E-state index in [-0.39, 0.29) is 18.4 Å². The van der Waals surface area contributed by atoms with Crippen molar-refractivity contribution in [3.8, 4) is 11.8 Å². The van der Waals surface area contributed by atoms with E-state index < -0.39 is 6.10 Å². The first-order valence-corrected chi connectivity index (χ1v) is 9.17. The van der Waals surface area contributed by atoms with Crippen LogP contribution in [-0.4, -0.2) is 36.4 Å². The Balaban J connectivity index is 1.59. The van der Waals surface area contributed by atoms with Crippen LogP contribution in [0.15, 0.2) is 66.7 Å². The minimum Gasteiger partial charge on any atom is -0.481 e. The molecule has 2 amide bonds. The third-order valence-corrected chi connectivity index (χ3v) is 4.46. The van der Waals surface area contributed by atoms with Crippen LogP contribution in [-0.2, 0) is 9.59 Å². The van der Waals surface area contributed by atoms with Crippen molar-refractivity contribution in [1.29, 1.82) is 5.26 Å². The van der Waals surface area contributed by atoms with Crippen molar-refractivity contribution in [1.82, 2.24) is 4.90 Å². The zero-order chi connectivity index (χ0) is 20.8. The van der Waals surface area contributed by atoms with E-state index >= 15 is 0 Å². The number of ether oxygens (including phenoxy) is 1. The van der Waals surface area contributed by atoms with Gasteiger partial charge in [-0.3, -0.25) is 9.59 Å². The number of nitrogens with one attached hydrogen (secondary N) is 1. The lowest BCUT2D eigenvalue weighted by Crippen LogP contribution is -2.42. The predicted octanol–water partition coefficient (Wildman–Crippen LogP) is 3.58. The van der Waals surface area contributed by atoms with Crippen LogP contribution in [0.1, 0.15) is 12.5 Å². The lowest BCUT2D eigenvalue weighted by Gasteiger charge is -2.22. The first kappa shape index (κ1) is 19.9. The first-order chi connectivity index (χ1) is 14.0. The van der Waals surface area contributed by atoms with E-state index in [4.69, 9.17) is 10.00 Å². The summed E-state index contributed by atoms with van der Waals surface area (Å²) in [6.07, 6.45) is -0.765. The Kier molecular flexibility index (Phi) is 6.10. The highest BCUT2D eigenvalue weighted by Gasteiger charge is 2.21. The van der Waals surface area contributed by atoms with Gasteiger partial charge in [-0.15, -0.1) is 0 Å². The zero-order valence-electron chi connectivity index (χ0n) is 16.3. The molecule has 29 heavy (non-hydrogen) atoms. The van der Waals surface area contributed by atoms with E-state index in [9.17, 15) is 9.59 Å². The minimum absolute atomic E-state index is 0.0941. The Hall–Kier alpha value is -3.85. The molecule has 0 aromatic heterocycles. The fraction of sp³-hybridized carbons (Fsp3) is 0.174. The van der Waals surface area contributed by atoms with E-state index in [1.165, 1.54) is 4.90 Å². The van der Waals surface area contributed by atoms with E-state index in [0.29, 0.717) is 17.0 Å². The van der Waals surface area contributed by atoms with Crippen LogP contribution in [0.25, 0.3) is 10.8 Å². The maximum Gasteiger partial charge on any atom is 0.263 e. The summed E-state index contributed by atoms with van der Waals surface area (Å²) in [6.45, 7) is 1.53. The van der Waals surface area contributed by atoms with Gasteiger partial charge in [-0.25, -0.2) is 0 Å². The standard InChI is InChI=1S/C23H21N3O3/c1-16(29-19-12-10-17(14-24)11-13-19)23(28)26(2)15-22(27)25-21-9-5-7-18-6-3-4-8-20(18)21/h3-13,16H,15H2,1-2H3,(H,25,27)/t16-/m0/s1. The molecule has 0 saturated carbocycles. The number of hydrogen-bond donors (Lipinski definition) is 1. The highest BCUT2D eigenvalue weighted by molar-refractivity contribution is 6.03. The normalized spacial score (nSPS) is 11.3. The number of nitriles is 1. The number of benzene rings is 3. The molecule has 0 fully saturated rings. The number of anilines is 1. The average Bonchev–Trinajstić information content (AvgIpc) is 2.73. The molecule has 3 aromatic rings. The second kappa shape index (κ2) is 8.89. The number of fused-ring (bicyclic) bond motifs is 1. The Morgan fingerprint density at radius 1 is 1.07 bits per heavy atom. The van der Waals surface area contributed by atoms with Crippen molar-refractivity contribution < 1.29 is 14.3 Å². The van der Waals surface area contributed by atoms with Crippen LogP contribution < -0.4 is 10.1 Å². The smallest absolute Gasteiger partial charge is 0.263 e. The molecule has 146 valence electrons. The predicted molar refractivity (Wildman–Crippen MR) is 111 cm³/mol. The molecule has 3 aromatic carbocycles. The van der Waals surface area contributed by atoms with Gasteiger partial charge >= 0.3 is 0 Å². The fourth-order valence-corrected chi connectivity index (χ4v) is 2.99. The lowest BCUT2D eigenvalue weighted by atomic mass is 10.1. The summed E-state index contributed by atoms with van der Waals surface area (Å²) >= 11 is 0. The molecule has 0 aliphatic heterocycles. The molecule has 0 heterocycles. The van der Waals surface area contributed by atoms with E-state index in [1.807, 2.05) is 48.5 Å². The summed E-state index contributed by atoms with van der Waals surface area (Å²) in [6, 6.07) is 22.0. The van der Waals surface area contributed by atoms with Crippen molar-refractivity contribution in [2.24, 2.45) is 0 Å². The van der Waals surface area contributed by atoms with Crippen LogP contribution >= 0.6 is 0 Å². The molecular weight excluding hydrogens is 366 g/mol. The summed E-state index contributed by atoms with van der Waals surface area (Å²) in [5.74, 6) is -0.122. The van der Waals surface area contributed by atoms with Crippen LogP contribution in [0.4, 0.5) is 5.69 Å². The molecule has 3 rings (SSSR count). The summed E-state index contributed by atoms with van der Waals surface area (Å²) in [5, 5.41) is 13.7. The summed E-state index contributed by atoms with van der Waals surface area (Å²) < 4.78 is 5.62. The van der Waals surface area contributed by atoms with Crippen molar-refractivity contribution in [3.63, 3.8) is 0 Å². The highest BCUT2D eigenvalue weighted by Crippen LogP contribution is 2.23. The molecule has 0 saturated heterocycles. The zero-order valence-corrected chi connectivity index (χ0v) is 16.3. The Labute approximate surface area is 169 Å². The Bertz CT molecular complexity index is 1070. The van der Waals surface area contributed by atoms with E-state index in [2.05, 4.69) is 5.32 Å². The van der Waals surface area contributed by atoms with Crippen molar-refractivity contribution >= 4 is 28.3 Å². The third-order valence-electron chi connectivity index (χ3n) is 4.46. The molecule has 0 bridgehead atoms. The van der Waals surface area contributed by atoms with Gasteiger partial charge in [0.25, 0.3) is 5.91 Å². The molecule has 0 aliphatic carbocycles. The number of carbonyl (C=O) groups is 2. The topological polar surface area (TPSA) is 82.4 Å². The third kappa shape index (κ3) is 4.90. The quantitative estimate of drug-likeness (QED) is 0.701. The molecular formula is C23H21N3O3. The van der Waals surface area contributed by atoms with Gasteiger partial charge in [0.2, 0.25) is 5.91 Å². The molecule has 1 N–H and O–H groups in total. The molecule has 1 atom stereocenters. The van der Waals surface area contributed by atoms with Gasteiger partial charge in [0.15, 0.2) is 6.10 Å². The fourth-order valence-electron chi connectivity index (χ4n) is 2.99. The van der Waals surface area contributed by atoms with E-state index in [0.717, 1.165) is 10.8 Å². The van der Waals surface area contributed by atoms with E-state index in [1.54, 1.807) is 38.2 Å². The summed E-state index contributed by atoms with van der Waals surface area (Å²) in [7, 11) is 1.56. The molecule has 0 unspecified atom stereocenters. The minimum atomic E-state index is -0.765. The number of nitrogens with zero attached hydrogens (tertiary/aromatic N) is 2. The van der Waals surface area contributed by atoms with Gasteiger partial charge in [0, 0.05) is 18.1 Å². The van der Waals surface area contributed by atoms with Gasteiger partial charge in [-0.2, -0.15) is 5.26 Å². The van der Waals surface area contributed by atoms with Crippen molar-refractivity contribution in [3.05, 3.63) is 72.3 Å². The number of amides is 2. The first-order valence-electron chi connectivity index (χ1n) is 9.17. The van der Waals surface area contributed by atoms with Gasteiger partial charge < -0.3 is 15.0 Å². The Morgan fingerprint density at radius 2 is 1.76 bits per heavy atom. The molecule has 6 heteroatoms. The van der Waals surface area contributed by atoms with Gasteiger partial charge in [0.05, 0.1) is 18.2 Å². The SMILES string of the molecule is C[C@H](Oc1ccc(C#N)cc1)C(=O)N(C)CC(=O)Nc1cccc2ccccc12. The van der Waals surface area contributed by atoms with Gasteiger partial charge in [-0.05, 0) is 42.6 Å². The second-order valence-corrected chi connectivity index (χ2v) is 6.67. The van der Waals surface area contributed by atoms with Crippen LogP contribution in [0.2, 0.25) is 0 Å². The largest absolute Gasteiger partial charge is 0.481 e. The summed E-state index contributed by atoms with van der Waals surface area (Å²) in [5.41, 5.74) is 1.22. The average molecular weight is 387 g/mol. The summed E-state index contributed by atoms with van der Waals surface area (Å²) in [4.78, 5) is 26.3. The maximum atomic E-state index is 12.5. The molecule has 0 aliphatic rings. The molecule has 0 spiro atoms. The Morgan fingerprint density at radius 3 is 2.48 bits per heavy atom. The van der Waals surface area contributed by atoms with Crippen molar-refractivity contribution in [2.75, 3.05) is 18.9 Å². The van der Waals surface area contributed by atoms with Crippen LogP contribution in [0.3, 0.4) is 0 Å². The molecule has 6 nitrogen and oxygen atoms in total.